The number of oxazole rings is 1. The van der Waals surface area contributed by atoms with Gasteiger partial charge < -0.3 is 14.3 Å². The molecule has 2 atom stereocenters. The average molecular weight is 482 g/mol. The summed E-state index contributed by atoms with van der Waals surface area (Å²) in [6, 6.07) is 28.3. The minimum absolute atomic E-state index is 0.326. The standard InChI is InChI=1S/C31H31NO4/c33-29(34)21-35-27-17-9-10-22(19-27)18-25-15-7-8-16-26(25)20-28-32-30(23-11-3-1-4-12-23)31(36-28)24-13-5-2-6-14-24/h1-6,9-14,17,19,25-26H,7-8,15-16,18,20-21H2,(H,33,34). The molecule has 36 heavy (non-hydrogen) atoms. The van der Waals surface area contributed by atoms with Crippen molar-refractivity contribution in [3.63, 3.8) is 0 Å². The van der Waals surface area contributed by atoms with Crippen LogP contribution in [0.4, 0.5) is 0 Å². The molecule has 1 heterocycles. The van der Waals surface area contributed by atoms with Crippen molar-refractivity contribution in [3.8, 4) is 28.3 Å². The summed E-state index contributed by atoms with van der Waals surface area (Å²) in [7, 11) is 0. The number of aromatic nitrogens is 1. The molecule has 0 spiro atoms. The van der Waals surface area contributed by atoms with E-state index >= 15 is 0 Å². The van der Waals surface area contributed by atoms with Crippen LogP contribution in [0.3, 0.4) is 0 Å². The molecule has 0 amide bonds. The van der Waals surface area contributed by atoms with Crippen LogP contribution in [-0.2, 0) is 17.6 Å². The zero-order chi connectivity index (χ0) is 24.7. The molecule has 1 aliphatic carbocycles. The van der Waals surface area contributed by atoms with E-state index in [0.29, 0.717) is 17.6 Å². The maximum Gasteiger partial charge on any atom is 0.341 e. The molecule has 0 radical (unpaired) electrons. The maximum absolute atomic E-state index is 10.9. The summed E-state index contributed by atoms with van der Waals surface area (Å²) in [5.41, 5.74) is 4.17. The van der Waals surface area contributed by atoms with E-state index < -0.39 is 5.97 Å². The third-order valence-corrected chi connectivity index (χ3v) is 7.02. The fourth-order valence-electron chi connectivity index (χ4n) is 5.28. The molecule has 1 fully saturated rings. The van der Waals surface area contributed by atoms with Gasteiger partial charge in [0.05, 0.1) is 0 Å². The van der Waals surface area contributed by atoms with Gasteiger partial charge in [0, 0.05) is 17.5 Å². The first-order valence-corrected chi connectivity index (χ1v) is 12.7. The number of carboxylic acid groups (broad SMARTS) is 1. The van der Waals surface area contributed by atoms with Crippen molar-refractivity contribution in [1.29, 1.82) is 0 Å². The van der Waals surface area contributed by atoms with Crippen LogP contribution < -0.4 is 4.74 Å². The number of carboxylic acids is 1. The molecule has 5 nitrogen and oxygen atoms in total. The van der Waals surface area contributed by atoms with Crippen LogP contribution in [0.15, 0.2) is 89.3 Å². The highest BCUT2D eigenvalue weighted by atomic mass is 16.5. The van der Waals surface area contributed by atoms with Crippen LogP contribution in [0.2, 0.25) is 0 Å². The van der Waals surface area contributed by atoms with Crippen molar-refractivity contribution < 1.29 is 19.1 Å². The first-order valence-electron chi connectivity index (χ1n) is 12.7. The van der Waals surface area contributed by atoms with E-state index in [2.05, 4.69) is 30.3 Å². The minimum atomic E-state index is -0.969. The number of carbonyl (C=O) groups is 1. The lowest BCUT2D eigenvalue weighted by Crippen LogP contribution is -2.23. The van der Waals surface area contributed by atoms with Gasteiger partial charge in [-0.25, -0.2) is 9.78 Å². The van der Waals surface area contributed by atoms with E-state index in [1.165, 1.54) is 24.8 Å². The Morgan fingerprint density at radius 2 is 1.53 bits per heavy atom. The van der Waals surface area contributed by atoms with Gasteiger partial charge in [0.1, 0.15) is 11.4 Å². The Bertz CT molecular complexity index is 1230. The molecule has 184 valence electrons. The van der Waals surface area contributed by atoms with Crippen LogP contribution in [0.1, 0.15) is 37.1 Å². The van der Waals surface area contributed by atoms with Gasteiger partial charge in [0.15, 0.2) is 18.3 Å². The van der Waals surface area contributed by atoms with Crippen molar-refractivity contribution in [1.82, 2.24) is 4.98 Å². The van der Waals surface area contributed by atoms with E-state index in [9.17, 15) is 4.79 Å². The van der Waals surface area contributed by atoms with E-state index in [4.69, 9.17) is 19.2 Å². The topological polar surface area (TPSA) is 72.6 Å². The van der Waals surface area contributed by atoms with E-state index in [1.807, 2.05) is 54.6 Å². The summed E-state index contributed by atoms with van der Waals surface area (Å²) in [5.74, 6) is 2.25. The molecule has 1 saturated carbocycles. The fraction of sp³-hybridized carbons (Fsp3) is 0.290. The summed E-state index contributed by atoms with van der Waals surface area (Å²) in [6.45, 7) is -0.326. The Labute approximate surface area is 211 Å². The largest absolute Gasteiger partial charge is 0.482 e. The maximum atomic E-state index is 10.9. The van der Waals surface area contributed by atoms with Crippen molar-refractivity contribution in [3.05, 3.63) is 96.4 Å². The number of hydrogen-bond donors (Lipinski definition) is 1. The van der Waals surface area contributed by atoms with Crippen molar-refractivity contribution in [2.24, 2.45) is 11.8 Å². The molecule has 5 rings (SSSR count). The Balaban J connectivity index is 1.37. The Kier molecular flexibility index (Phi) is 7.46. The summed E-state index contributed by atoms with van der Waals surface area (Å²) < 4.78 is 11.8. The second-order valence-electron chi connectivity index (χ2n) is 9.56. The van der Waals surface area contributed by atoms with Crippen molar-refractivity contribution >= 4 is 5.97 Å². The predicted octanol–water partition coefficient (Wildman–Crippen LogP) is 7.06. The summed E-state index contributed by atoms with van der Waals surface area (Å²) in [6.07, 6.45) is 6.53. The zero-order valence-corrected chi connectivity index (χ0v) is 20.3. The smallest absolute Gasteiger partial charge is 0.341 e. The lowest BCUT2D eigenvalue weighted by molar-refractivity contribution is -0.139. The molecule has 4 aromatic rings. The molecular formula is C31H31NO4. The second kappa shape index (κ2) is 11.3. The van der Waals surface area contributed by atoms with Crippen molar-refractivity contribution in [2.75, 3.05) is 6.61 Å². The molecular weight excluding hydrogens is 450 g/mol. The minimum Gasteiger partial charge on any atom is -0.482 e. The predicted molar refractivity (Wildman–Crippen MR) is 140 cm³/mol. The fourth-order valence-corrected chi connectivity index (χ4v) is 5.28. The van der Waals surface area contributed by atoms with E-state index in [0.717, 1.165) is 47.7 Å². The zero-order valence-electron chi connectivity index (χ0n) is 20.3. The number of nitrogens with zero attached hydrogens (tertiary/aromatic N) is 1. The van der Waals surface area contributed by atoms with E-state index in [1.54, 1.807) is 0 Å². The highest BCUT2D eigenvalue weighted by Crippen LogP contribution is 2.38. The lowest BCUT2D eigenvalue weighted by atomic mass is 9.74. The Hall–Kier alpha value is -3.86. The SMILES string of the molecule is O=C(O)COc1cccc(CC2CCCCC2Cc2nc(-c3ccccc3)c(-c3ccccc3)o2)c1. The Morgan fingerprint density at radius 1 is 0.861 bits per heavy atom. The number of ether oxygens (including phenoxy) is 1. The van der Waals surface area contributed by atoms with Crippen LogP contribution in [0.25, 0.3) is 22.6 Å². The number of aliphatic carboxylic acids is 1. The molecule has 5 heteroatoms. The molecule has 0 bridgehead atoms. The quantitative estimate of drug-likeness (QED) is 0.277. The Morgan fingerprint density at radius 3 is 2.22 bits per heavy atom. The second-order valence-corrected chi connectivity index (χ2v) is 9.56. The molecule has 1 N–H and O–H groups in total. The van der Waals surface area contributed by atoms with Crippen LogP contribution in [0, 0.1) is 11.8 Å². The summed E-state index contributed by atoms with van der Waals surface area (Å²) >= 11 is 0. The first-order chi connectivity index (χ1) is 17.7. The highest BCUT2D eigenvalue weighted by molar-refractivity contribution is 5.76. The number of hydrogen-bond acceptors (Lipinski definition) is 4. The molecule has 0 aliphatic heterocycles. The lowest BCUT2D eigenvalue weighted by Gasteiger charge is -2.31. The van der Waals surface area contributed by atoms with Gasteiger partial charge in [0.2, 0.25) is 0 Å². The van der Waals surface area contributed by atoms with Gasteiger partial charge in [-0.15, -0.1) is 0 Å². The van der Waals surface area contributed by atoms with Gasteiger partial charge in [-0.1, -0.05) is 85.6 Å². The average Bonchev–Trinajstić information content (AvgIpc) is 3.34. The number of rotatable bonds is 9. The number of benzene rings is 3. The molecule has 1 aromatic heterocycles. The van der Waals surface area contributed by atoms with Gasteiger partial charge in [-0.2, -0.15) is 0 Å². The van der Waals surface area contributed by atoms with Gasteiger partial charge in [0.25, 0.3) is 0 Å². The third-order valence-electron chi connectivity index (χ3n) is 7.02. The first kappa shape index (κ1) is 23.9. The summed E-state index contributed by atoms with van der Waals surface area (Å²) in [5, 5.41) is 8.91. The summed E-state index contributed by atoms with van der Waals surface area (Å²) in [4.78, 5) is 15.9. The van der Waals surface area contributed by atoms with Crippen LogP contribution >= 0.6 is 0 Å². The van der Waals surface area contributed by atoms with Gasteiger partial charge >= 0.3 is 5.97 Å². The van der Waals surface area contributed by atoms with Crippen LogP contribution in [-0.4, -0.2) is 22.7 Å². The van der Waals surface area contributed by atoms with Crippen LogP contribution in [0.5, 0.6) is 5.75 Å². The molecule has 1 aliphatic rings. The van der Waals surface area contributed by atoms with Crippen molar-refractivity contribution in [2.45, 2.75) is 38.5 Å². The van der Waals surface area contributed by atoms with E-state index in [-0.39, 0.29) is 6.61 Å². The highest BCUT2D eigenvalue weighted by Gasteiger charge is 2.28. The third kappa shape index (κ3) is 5.85. The van der Waals surface area contributed by atoms with Gasteiger partial charge in [-0.05, 0) is 48.8 Å². The molecule has 3 aromatic carbocycles. The molecule has 0 saturated heterocycles. The monoisotopic (exact) mass is 481 g/mol. The van der Waals surface area contributed by atoms with Gasteiger partial charge in [-0.3, -0.25) is 0 Å². The molecule has 2 unspecified atom stereocenters. The normalized spacial score (nSPS) is 17.6.